The van der Waals surface area contributed by atoms with Crippen molar-refractivity contribution < 1.29 is 38.1 Å². The number of amides is 2. The van der Waals surface area contributed by atoms with Crippen LogP contribution in [0.5, 0.6) is 11.5 Å². The molecular weight excluding hydrogens is 1130 g/mol. The van der Waals surface area contributed by atoms with Crippen molar-refractivity contribution >= 4 is 56.9 Å². The molecule has 2 saturated heterocycles. The topological polar surface area (TPSA) is 154 Å². The second-order valence-corrected chi connectivity index (χ2v) is 25.3. The van der Waals surface area contributed by atoms with Gasteiger partial charge in [-0.25, -0.2) is 9.59 Å². The van der Waals surface area contributed by atoms with Crippen LogP contribution in [0.4, 0.5) is 11.4 Å². The van der Waals surface area contributed by atoms with E-state index in [1.165, 1.54) is 119 Å². The second kappa shape index (κ2) is 27.7. The van der Waals surface area contributed by atoms with Crippen LogP contribution < -0.4 is 19.3 Å². The van der Waals surface area contributed by atoms with E-state index in [2.05, 4.69) is 59.2 Å². The number of pyridine rings is 2. The van der Waals surface area contributed by atoms with Crippen LogP contribution in [-0.2, 0) is 45.4 Å². The number of benzene rings is 4. The lowest BCUT2D eigenvalue weighted by Crippen LogP contribution is -2.45. The summed E-state index contributed by atoms with van der Waals surface area (Å²) in [6, 6.07) is 36.0. The van der Waals surface area contributed by atoms with Gasteiger partial charge in [0.05, 0.1) is 59.3 Å². The number of esters is 2. The average Bonchev–Trinajstić information content (AvgIpc) is 1.66. The predicted molar refractivity (Wildman–Crippen MR) is 352 cm³/mol. The van der Waals surface area contributed by atoms with Crippen molar-refractivity contribution in [1.29, 1.82) is 0 Å². The quantitative estimate of drug-likeness (QED) is 0.0898. The highest BCUT2D eigenvalue weighted by atomic mass is 16.5. The van der Waals surface area contributed by atoms with E-state index in [9.17, 15) is 19.2 Å². The third-order valence-corrected chi connectivity index (χ3v) is 19.7. The van der Waals surface area contributed by atoms with Crippen molar-refractivity contribution in [3.8, 4) is 34.0 Å². The lowest BCUT2D eigenvalue weighted by atomic mass is 9.81. The molecule has 0 radical (unpaired) electrons. The van der Waals surface area contributed by atoms with Crippen molar-refractivity contribution in [3.63, 3.8) is 0 Å². The Balaban J connectivity index is 0.000000165. The molecule has 0 N–H and O–H groups in total. The van der Waals surface area contributed by atoms with E-state index in [-0.39, 0.29) is 37.5 Å². The molecule has 8 heterocycles. The zero-order valence-electron chi connectivity index (χ0n) is 52.3. The summed E-state index contributed by atoms with van der Waals surface area (Å²) in [5, 5.41) is 2.34. The first-order chi connectivity index (χ1) is 44.2. The van der Waals surface area contributed by atoms with Gasteiger partial charge in [0.1, 0.15) is 37.8 Å². The molecule has 0 unspecified atom stereocenters. The Morgan fingerprint density at radius 3 is 1.57 bits per heavy atom. The Kier molecular flexibility index (Phi) is 18.6. The number of fused-ring (bicyclic) bond motifs is 10. The van der Waals surface area contributed by atoms with Crippen LogP contribution in [0, 0.1) is 0 Å². The number of rotatable bonds is 15. The second-order valence-electron chi connectivity index (χ2n) is 25.3. The molecule has 4 fully saturated rings. The molecule has 16 heteroatoms. The number of ether oxygens (including phenoxy) is 4. The summed E-state index contributed by atoms with van der Waals surface area (Å²) in [7, 11) is 2.84. The van der Waals surface area contributed by atoms with Crippen LogP contribution in [0.1, 0.15) is 158 Å². The number of piperidine rings is 2. The molecule has 6 aliphatic rings. The van der Waals surface area contributed by atoms with E-state index in [1.807, 2.05) is 90.0 Å². The lowest BCUT2D eigenvalue weighted by molar-refractivity contribution is -0.132. The van der Waals surface area contributed by atoms with Crippen LogP contribution in [0.25, 0.3) is 44.3 Å². The molecular formula is C74H84N8O8. The van der Waals surface area contributed by atoms with E-state index < -0.39 is 5.97 Å². The van der Waals surface area contributed by atoms with Gasteiger partial charge in [0, 0.05) is 96.9 Å². The van der Waals surface area contributed by atoms with E-state index in [1.54, 1.807) is 11.1 Å². The highest BCUT2D eigenvalue weighted by Gasteiger charge is 2.36. The van der Waals surface area contributed by atoms with Crippen molar-refractivity contribution in [3.05, 3.63) is 155 Å². The molecule has 16 nitrogen and oxygen atoms in total. The van der Waals surface area contributed by atoms with Gasteiger partial charge in [0.15, 0.2) is 0 Å². The van der Waals surface area contributed by atoms with Gasteiger partial charge in [-0.2, -0.15) is 0 Å². The minimum atomic E-state index is -0.416. The summed E-state index contributed by atoms with van der Waals surface area (Å²) < 4.78 is 27.3. The number of likely N-dealkylation sites (tertiary alicyclic amines) is 2. The molecule has 2 amide bonds. The van der Waals surface area contributed by atoms with E-state index >= 15 is 0 Å². The summed E-state index contributed by atoms with van der Waals surface area (Å²) in [6.45, 7) is 8.36. The van der Waals surface area contributed by atoms with Gasteiger partial charge in [-0.3, -0.25) is 19.6 Å². The fourth-order valence-electron chi connectivity index (χ4n) is 15.1. The van der Waals surface area contributed by atoms with Crippen LogP contribution >= 0.6 is 0 Å². The third kappa shape index (κ3) is 12.8. The third-order valence-electron chi connectivity index (χ3n) is 19.7. The molecule has 468 valence electrons. The fraction of sp³-hybridized carbons (Fsp3) is 0.432. The summed E-state index contributed by atoms with van der Waals surface area (Å²) >= 11 is 0. The largest absolute Gasteiger partial charge is 0.487 e. The van der Waals surface area contributed by atoms with Gasteiger partial charge in [-0.05, 0) is 167 Å². The van der Waals surface area contributed by atoms with Gasteiger partial charge in [-0.15, -0.1) is 0 Å². The SMILES string of the molecule is COC(=O)c1ccc2c(C3CCCCC3)c3n(c2c1)CC(=O)N(CC(=O)N1CCCCC1)c1cc(OCc2ccccn2)ccc1-3.COC(=O)c1ccc2c(C3CCCCC3)c3n(c2c1)CCN(CCN1CCCCC1)c1cc(OCc2ccccn2)ccc1-3. The fourth-order valence-corrected chi connectivity index (χ4v) is 15.1. The maximum absolute atomic E-state index is 14.3. The van der Waals surface area contributed by atoms with Gasteiger partial charge in [0.2, 0.25) is 11.8 Å². The number of anilines is 2. The molecule has 4 aliphatic heterocycles. The zero-order valence-corrected chi connectivity index (χ0v) is 52.3. The van der Waals surface area contributed by atoms with Crippen molar-refractivity contribution in [2.24, 2.45) is 0 Å². The molecule has 2 aliphatic carbocycles. The molecule has 90 heavy (non-hydrogen) atoms. The first-order valence-electron chi connectivity index (χ1n) is 33.1. The molecule has 8 aromatic rings. The van der Waals surface area contributed by atoms with Crippen LogP contribution in [0.2, 0.25) is 0 Å². The Bertz CT molecular complexity index is 3870. The normalized spacial score (nSPS) is 17.3. The number of hydrogen-bond acceptors (Lipinski definition) is 12. The monoisotopic (exact) mass is 1210 g/mol. The molecule has 4 aromatic heterocycles. The Morgan fingerprint density at radius 2 is 1.02 bits per heavy atom. The van der Waals surface area contributed by atoms with E-state index in [4.69, 9.17) is 18.9 Å². The smallest absolute Gasteiger partial charge is 0.337 e. The number of nitrogens with zero attached hydrogens (tertiary/aromatic N) is 8. The Morgan fingerprint density at radius 1 is 0.511 bits per heavy atom. The molecule has 2 saturated carbocycles. The summed E-state index contributed by atoms with van der Waals surface area (Å²) in [5.41, 5.74) is 13.8. The summed E-state index contributed by atoms with van der Waals surface area (Å²) in [4.78, 5) is 70.8. The van der Waals surface area contributed by atoms with Crippen molar-refractivity contribution in [2.75, 3.05) is 76.4 Å². The molecule has 14 rings (SSSR count). The maximum Gasteiger partial charge on any atom is 0.337 e. The zero-order chi connectivity index (χ0) is 61.5. The highest BCUT2D eigenvalue weighted by molar-refractivity contribution is 6.08. The maximum atomic E-state index is 14.3. The number of methoxy groups -OCH3 is 2. The van der Waals surface area contributed by atoms with Crippen molar-refractivity contribution in [1.82, 2.24) is 28.9 Å². The first kappa shape index (κ1) is 60.4. The van der Waals surface area contributed by atoms with Crippen LogP contribution in [0.3, 0.4) is 0 Å². The van der Waals surface area contributed by atoms with Crippen LogP contribution in [-0.4, -0.2) is 119 Å². The summed E-state index contributed by atoms with van der Waals surface area (Å²) in [5.74, 6) is 1.38. The lowest BCUT2D eigenvalue weighted by Gasteiger charge is -2.31. The minimum absolute atomic E-state index is 0.0372. The Hall–Kier alpha value is -8.50. The highest BCUT2D eigenvalue weighted by Crippen LogP contribution is 2.50. The van der Waals surface area contributed by atoms with Gasteiger partial charge >= 0.3 is 11.9 Å². The van der Waals surface area contributed by atoms with Gasteiger partial charge in [-0.1, -0.05) is 69.2 Å². The molecule has 0 spiro atoms. The molecule has 4 aromatic carbocycles. The molecule has 0 atom stereocenters. The number of aromatic nitrogens is 4. The predicted octanol–water partition coefficient (Wildman–Crippen LogP) is 13.9. The molecule has 0 bridgehead atoms. The number of carbonyl (C=O) groups excluding carboxylic acids is 4. The number of hydrogen-bond donors (Lipinski definition) is 0. The Labute approximate surface area is 528 Å². The van der Waals surface area contributed by atoms with Crippen molar-refractivity contribution in [2.45, 2.75) is 141 Å². The van der Waals surface area contributed by atoms with Gasteiger partial charge < -0.3 is 47.7 Å². The summed E-state index contributed by atoms with van der Waals surface area (Å²) in [6.07, 6.45) is 22.5. The van der Waals surface area contributed by atoms with Gasteiger partial charge in [0.25, 0.3) is 0 Å². The van der Waals surface area contributed by atoms with Crippen LogP contribution in [0.15, 0.2) is 122 Å². The average molecular weight is 1210 g/mol. The number of carbonyl (C=O) groups is 4. The first-order valence-corrected chi connectivity index (χ1v) is 33.1. The minimum Gasteiger partial charge on any atom is -0.487 e. The van der Waals surface area contributed by atoms with E-state index in [0.29, 0.717) is 54.1 Å². The standard InChI is InChI=1S/C37H40N4O5.C37H44N4O3/c1-45-37(44)26-13-15-29-31(20-26)41-23-34(43)40(22-33(42)39-18-8-3-9-19-39)32-21-28(46-24-27-12-6-7-17-38-27)14-16-30(32)36(41)35(29)25-10-4-2-5-11-25;1-43-37(42)28-13-15-31-34(24-28)41-23-22-40(21-20-39-18-8-3-9-19-39)33-25-30(44-26-29-12-6-7-17-38-29)14-16-32(33)36(41)35(31)27-10-4-2-5-11-27/h6-7,12-17,20-21,25H,2-5,8-11,18-19,22-24H2,1H3;6-7,12-17,24-25,27H,2-5,8-11,18-23,26H2,1H3. The van der Waals surface area contributed by atoms with E-state index in [0.717, 1.165) is 116 Å².